The van der Waals surface area contributed by atoms with Gasteiger partial charge in [-0.05, 0) is 50.1 Å². The van der Waals surface area contributed by atoms with Gasteiger partial charge in [0.15, 0.2) is 5.65 Å². The van der Waals surface area contributed by atoms with E-state index in [0.717, 1.165) is 18.9 Å². The third-order valence-electron chi connectivity index (χ3n) is 4.20. The minimum Gasteiger partial charge on any atom is -0.233 e. The molecule has 7 heteroatoms. The molecule has 1 aromatic carbocycles. The van der Waals surface area contributed by atoms with Crippen LogP contribution in [0.1, 0.15) is 35.7 Å². The topological polar surface area (TPSA) is 30.7 Å². The Balaban J connectivity index is 2.02. The fraction of sp³-hybridized carbons (Fsp3) is 0.294. The zero-order valence-electron chi connectivity index (χ0n) is 12.7. The molecule has 1 aliphatic carbocycles. The SMILES string of the molecule is Cc1nn(-c2ccc(F)cc2)c2nc(C3CC3)cc(C(F)(F)F)c12. The molecule has 1 aliphatic rings. The molecule has 0 atom stereocenters. The Labute approximate surface area is 134 Å². The van der Waals surface area contributed by atoms with E-state index in [9.17, 15) is 17.6 Å². The number of pyridine rings is 1. The predicted octanol–water partition coefficient (Wildman–Crippen LogP) is 4.76. The highest BCUT2D eigenvalue weighted by atomic mass is 19.4. The second-order valence-corrected chi connectivity index (χ2v) is 6.04. The van der Waals surface area contributed by atoms with Gasteiger partial charge in [0.2, 0.25) is 0 Å². The summed E-state index contributed by atoms with van der Waals surface area (Å²) in [4.78, 5) is 4.44. The molecule has 3 nitrogen and oxygen atoms in total. The maximum atomic E-state index is 13.5. The first kappa shape index (κ1) is 15.1. The smallest absolute Gasteiger partial charge is 0.233 e. The Morgan fingerprint density at radius 2 is 1.79 bits per heavy atom. The van der Waals surface area contributed by atoms with E-state index in [1.165, 1.54) is 35.9 Å². The van der Waals surface area contributed by atoms with Crippen molar-refractivity contribution in [1.29, 1.82) is 0 Å². The van der Waals surface area contributed by atoms with Crippen molar-refractivity contribution in [1.82, 2.24) is 14.8 Å². The van der Waals surface area contributed by atoms with Crippen LogP contribution in [0.25, 0.3) is 16.7 Å². The minimum absolute atomic E-state index is 0.00350. The molecule has 2 aromatic heterocycles. The molecule has 0 saturated heterocycles. The lowest BCUT2D eigenvalue weighted by atomic mass is 10.1. The largest absolute Gasteiger partial charge is 0.417 e. The van der Waals surface area contributed by atoms with Crippen LogP contribution >= 0.6 is 0 Å². The summed E-state index contributed by atoms with van der Waals surface area (Å²) in [6, 6.07) is 6.57. The molecular formula is C17H13F4N3. The third-order valence-corrected chi connectivity index (χ3v) is 4.20. The first-order chi connectivity index (χ1) is 11.3. The van der Waals surface area contributed by atoms with Crippen molar-refractivity contribution in [3.05, 3.63) is 53.1 Å². The van der Waals surface area contributed by atoms with E-state index in [-0.39, 0.29) is 22.6 Å². The van der Waals surface area contributed by atoms with E-state index >= 15 is 0 Å². The Kier molecular flexibility index (Phi) is 3.16. The lowest BCUT2D eigenvalue weighted by molar-refractivity contribution is -0.136. The van der Waals surface area contributed by atoms with Crippen LogP contribution in [0.15, 0.2) is 30.3 Å². The van der Waals surface area contributed by atoms with Crippen LogP contribution in [0.3, 0.4) is 0 Å². The zero-order chi connectivity index (χ0) is 17.1. The van der Waals surface area contributed by atoms with Gasteiger partial charge in [0, 0.05) is 11.6 Å². The van der Waals surface area contributed by atoms with Crippen LogP contribution < -0.4 is 0 Å². The van der Waals surface area contributed by atoms with Gasteiger partial charge in [-0.25, -0.2) is 14.1 Å². The predicted molar refractivity (Wildman–Crippen MR) is 80.5 cm³/mol. The van der Waals surface area contributed by atoms with Crippen molar-refractivity contribution in [2.75, 3.05) is 0 Å². The summed E-state index contributed by atoms with van der Waals surface area (Å²) < 4.78 is 55.0. The number of nitrogens with zero attached hydrogens (tertiary/aromatic N) is 3. The van der Waals surface area contributed by atoms with Gasteiger partial charge in [0.1, 0.15) is 5.82 Å². The molecule has 0 amide bonds. The summed E-state index contributed by atoms with van der Waals surface area (Å²) in [7, 11) is 0. The molecule has 24 heavy (non-hydrogen) atoms. The maximum absolute atomic E-state index is 13.5. The first-order valence-corrected chi connectivity index (χ1v) is 7.58. The Morgan fingerprint density at radius 1 is 1.12 bits per heavy atom. The Bertz CT molecular complexity index is 922. The molecule has 3 aromatic rings. The van der Waals surface area contributed by atoms with Gasteiger partial charge in [0.25, 0.3) is 0 Å². The summed E-state index contributed by atoms with van der Waals surface area (Å²) >= 11 is 0. The number of aryl methyl sites for hydroxylation is 1. The molecule has 4 rings (SSSR count). The second-order valence-electron chi connectivity index (χ2n) is 6.04. The van der Waals surface area contributed by atoms with Crippen molar-refractivity contribution in [2.24, 2.45) is 0 Å². The number of aromatic nitrogens is 3. The summed E-state index contributed by atoms with van der Waals surface area (Å²) in [6.07, 6.45) is -2.79. The highest BCUT2D eigenvalue weighted by molar-refractivity contribution is 5.84. The summed E-state index contributed by atoms with van der Waals surface area (Å²) in [5.41, 5.74) is 0.619. The number of hydrogen-bond donors (Lipinski definition) is 0. The fourth-order valence-electron chi connectivity index (χ4n) is 2.88. The van der Waals surface area contributed by atoms with Gasteiger partial charge in [0.05, 0.1) is 22.3 Å². The van der Waals surface area contributed by atoms with E-state index in [1.807, 2.05) is 0 Å². The quantitative estimate of drug-likeness (QED) is 0.632. The van der Waals surface area contributed by atoms with Crippen LogP contribution in [0.5, 0.6) is 0 Å². The molecule has 0 radical (unpaired) electrons. The minimum atomic E-state index is -4.48. The number of fused-ring (bicyclic) bond motifs is 1. The second kappa shape index (κ2) is 5.03. The van der Waals surface area contributed by atoms with Crippen LogP contribution in [-0.2, 0) is 6.18 Å². The lowest BCUT2D eigenvalue weighted by Gasteiger charge is -2.11. The van der Waals surface area contributed by atoms with E-state index in [2.05, 4.69) is 10.1 Å². The maximum Gasteiger partial charge on any atom is 0.417 e. The number of alkyl halides is 3. The molecule has 0 spiro atoms. The van der Waals surface area contributed by atoms with Gasteiger partial charge >= 0.3 is 6.18 Å². The van der Waals surface area contributed by atoms with Crippen molar-refractivity contribution >= 4 is 11.0 Å². The molecule has 0 bridgehead atoms. The lowest BCUT2D eigenvalue weighted by Crippen LogP contribution is -2.08. The molecule has 0 unspecified atom stereocenters. The number of benzene rings is 1. The van der Waals surface area contributed by atoms with E-state index in [0.29, 0.717) is 11.4 Å². The van der Waals surface area contributed by atoms with Gasteiger partial charge in [-0.15, -0.1) is 0 Å². The normalized spacial score (nSPS) is 15.2. The summed E-state index contributed by atoms with van der Waals surface area (Å²) in [5.74, 6) is -0.345. The van der Waals surface area contributed by atoms with E-state index < -0.39 is 17.6 Å². The van der Waals surface area contributed by atoms with Crippen molar-refractivity contribution < 1.29 is 17.6 Å². The van der Waals surface area contributed by atoms with Gasteiger partial charge in [-0.2, -0.15) is 18.3 Å². The van der Waals surface area contributed by atoms with Gasteiger partial charge in [-0.3, -0.25) is 0 Å². The fourth-order valence-corrected chi connectivity index (χ4v) is 2.88. The number of rotatable bonds is 2. The first-order valence-electron chi connectivity index (χ1n) is 7.58. The molecule has 1 saturated carbocycles. The average Bonchev–Trinajstić information content (AvgIpc) is 3.32. The van der Waals surface area contributed by atoms with Crippen LogP contribution in [-0.4, -0.2) is 14.8 Å². The molecule has 2 heterocycles. The highest BCUT2D eigenvalue weighted by Crippen LogP contribution is 2.43. The average molecular weight is 335 g/mol. The molecular weight excluding hydrogens is 322 g/mol. The highest BCUT2D eigenvalue weighted by Gasteiger charge is 2.37. The zero-order valence-corrected chi connectivity index (χ0v) is 12.7. The van der Waals surface area contributed by atoms with Crippen LogP contribution in [0.4, 0.5) is 17.6 Å². The van der Waals surface area contributed by atoms with Crippen molar-refractivity contribution in [3.8, 4) is 5.69 Å². The van der Waals surface area contributed by atoms with Gasteiger partial charge in [-0.1, -0.05) is 0 Å². The Hall–Kier alpha value is -2.44. The van der Waals surface area contributed by atoms with Gasteiger partial charge < -0.3 is 0 Å². The van der Waals surface area contributed by atoms with E-state index in [4.69, 9.17) is 0 Å². The van der Waals surface area contributed by atoms with Crippen molar-refractivity contribution in [2.45, 2.75) is 31.9 Å². The van der Waals surface area contributed by atoms with Crippen LogP contribution in [0, 0.1) is 12.7 Å². The monoisotopic (exact) mass is 335 g/mol. The number of hydrogen-bond acceptors (Lipinski definition) is 2. The van der Waals surface area contributed by atoms with Crippen molar-refractivity contribution in [3.63, 3.8) is 0 Å². The molecule has 0 aliphatic heterocycles. The number of halogens is 4. The third kappa shape index (κ3) is 2.44. The summed E-state index contributed by atoms with van der Waals surface area (Å²) in [5, 5.41) is 4.21. The van der Waals surface area contributed by atoms with E-state index in [1.54, 1.807) is 0 Å². The molecule has 0 N–H and O–H groups in total. The van der Waals surface area contributed by atoms with Crippen LogP contribution in [0.2, 0.25) is 0 Å². The standard InChI is InChI=1S/C17H13F4N3/c1-9-15-13(17(19,20)21)8-14(10-2-3-10)22-16(15)24(23-9)12-6-4-11(18)5-7-12/h4-8,10H,2-3H2,1H3. The Morgan fingerprint density at radius 3 is 2.38 bits per heavy atom. The molecule has 1 fully saturated rings. The summed E-state index contributed by atoms with van der Waals surface area (Å²) in [6.45, 7) is 1.52. The molecule has 124 valence electrons.